The standard InChI is InChI=1S/C26H24N4O2S/c1-3-18-30-24(20-12-8-5-9-13-20)28-29-26(30)33-23(19-10-6-4-7-11-19)25(31)27-21-14-16-22(32-2)17-15-21/h3-17,23H,1,18H2,2H3,(H,27,31). The Morgan fingerprint density at radius 3 is 2.33 bits per heavy atom. The molecule has 1 N–H and O–H groups in total. The number of benzene rings is 3. The van der Waals surface area contributed by atoms with Crippen LogP contribution in [0.25, 0.3) is 11.4 Å². The SMILES string of the molecule is C=CCn1c(SC(C(=O)Nc2ccc(OC)cc2)c2ccccc2)nnc1-c1ccccc1. The maximum absolute atomic E-state index is 13.4. The first-order valence-electron chi connectivity index (χ1n) is 10.5. The van der Waals surface area contributed by atoms with Crippen molar-refractivity contribution in [3.05, 3.63) is 103 Å². The Kier molecular flexibility index (Phi) is 7.22. The Morgan fingerprint density at radius 2 is 1.70 bits per heavy atom. The molecule has 0 fully saturated rings. The van der Waals surface area contributed by atoms with E-state index in [9.17, 15) is 4.79 Å². The number of nitrogens with one attached hydrogen (secondary N) is 1. The number of anilines is 1. The van der Waals surface area contributed by atoms with Gasteiger partial charge in [-0.3, -0.25) is 9.36 Å². The van der Waals surface area contributed by atoms with Gasteiger partial charge in [0.1, 0.15) is 11.0 Å². The van der Waals surface area contributed by atoms with E-state index in [0.29, 0.717) is 17.4 Å². The molecule has 0 aliphatic rings. The second kappa shape index (κ2) is 10.7. The van der Waals surface area contributed by atoms with Crippen molar-refractivity contribution >= 4 is 23.4 Å². The van der Waals surface area contributed by atoms with Gasteiger partial charge in [-0.2, -0.15) is 0 Å². The second-order valence-corrected chi connectivity index (χ2v) is 8.27. The lowest BCUT2D eigenvalue weighted by Gasteiger charge is -2.17. The molecule has 7 heteroatoms. The molecule has 0 saturated carbocycles. The topological polar surface area (TPSA) is 69.0 Å². The highest BCUT2D eigenvalue weighted by Gasteiger charge is 2.26. The Balaban J connectivity index is 1.65. The van der Waals surface area contributed by atoms with Gasteiger partial charge < -0.3 is 10.1 Å². The first-order valence-corrected chi connectivity index (χ1v) is 11.3. The van der Waals surface area contributed by atoms with Crippen LogP contribution in [0, 0.1) is 0 Å². The molecule has 1 heterocycles. The predicted octanol–water partition coefficient (Wildman–Crippen LogP) is 5.61. The molecular formula is C26H24N4O2S. The summed E-state index contributed by atoms with van der Waals surface area (Å²) in [5.41, 5.74) is 2.53. The Labute approximate surface area is 197 Å². The van der Waals surface area contributed by atoms with Crippen LogP contribution in [0.5, 0.6) is 5.75 Å². The number of rotatable bonds is 9. The lowest BCUT2D eigenvalue weighted by Crippen LogP contribution is -2.19. The molecule has 0 spiro atoms. The van der Waals surface area contributed by atoms with Crippen LogP contribution in [0.2, 0.25) is 0 Å². The largest absolute Gasteiger partial charge is 0.497 e. The van der Waals surface area contributed by atoms with Gasteiger partial charge in [0.05, 0.1) is 7.11 Å². The molecule has 4 aromatic rings. The van der Waals surface area contributed by atoms with Crippen LogP contribution in [-0.2, 0) is 11.3 Å². The summed E-state index contributed by atoms with van der Waals surface area (Å²) in [6.45, 7) is 4.41. The van der Waals surface area contributed by atoms with Gasteiger partial charge in [-0.05, 0) is 29.8 Å². The smallest absolute Gasteiger partial charge is 0.242 e. The van der Waals surface area contributed by atoms with Crippen molar-refractivity contribution in [2.75, 3.05) is 12.4 Å². The lowest BCUT2D eigenvalue weighted by atomic mass is 10.1. The van der Waals surface area contributed by atoms with E-state index in [-0.39, 0.29) is 5.91 Å². The number of hydrogen-bond donors (Lipinski definition) is 1. The Bertz CT molecular complexity index is 1210. The molecule has 6 nitrogen and oxygen atoms in total. The normalized spacial score (nSPS) is 11.5. The molecule has 3 aromatic carbocycles. The maximum Gasteiger partial charge on any atom is 0.242 e. The van der Waals surface area contributed by atoms with Crippen molar-refractivity contribution < 1.29 is 9.53 Å². The minimum Gasteiger partial charge on any atom is -0.497 e. The van der Waals surface area contributed by atoms with Gasteiger partial charge in [-0.15, -0.1) is 16.8 Å². The summed E-state index contributed by atoms with van der Waals surface area (Å²) in [7, 11) is 1.61. The Hall–Kier alpha value is -3.84. The summed E-state index contributed by atoms with van der Waals surface area (Å²) >= 11 is 1.36. The van der Waals surface area contributed by atoms with Gasteiger partial charge in [-0.1, -0.05) is 78.5 Å². The van der Waals surface area contributed by atoms with Crippen LogP contribution in [0.15, 0.2) is 103 Å². The molecule has 33 heavy (non-hydrogen) atoms. The van der Waals surface area contributed by atoms with Crippen LogP contribution < -0.4 is 10.1 Å². The zero-order valence-electron chi connectivity index (χ0n) is 18.2. The zero-order valence-corrected chi connectivity index (χ0v) is 19.0. The molecule has 0 bridgehead atoms. The minimum atomic E-state index is -0.523. The first kappa shape index (κ1) is 22.4. The quantitative estimate of drug-likeness (QED) is 0.262. The molecule has 166 valence electrons. The van der Waals surface area contributed by atoms with Gasteiger partial charge >= 0.3 is 0 Å². The molecular weight excluding hydrogens is 432 g/mol. The summed E-state index contributed by atoms with van der Waals surface area (Å²) in [5.74, 6) is 1.32. The van der Waals surface area contributed by atoms with E-state index >= 15 is 0 Å². The Morgan fingerprint density at radius 1 is 1.03 bits per heavy atom. The van der Waals surface area contributed by atoms with E-state index in [2.05, 4.69) is 22.1 Å². The van der Waals surface area contributed by atoms with Gasteiger partial charge in [-0.25, -0.2) is 0 Å². The third kappa shape index (κ3) is 5.32. The van der Waals surface area contributed by atoms with Crippen LogP contribution in [0.3, 0.4) is 0 Å². The average molecular weight is 457 g/mol. The molecule has 0 saturated heterocycles. The summed E-state index contributed by atoms with van der Waals surface area (Å²) in [6.07, 6.45) is 1.80. The van der Waals surface area contributed by atoms with E-state index in [1.807, 2.05) is 89.5 Å². The van der Waals surface area contributed by atoms with Crippen LogP contribution in [0.4, 0.5) is 5.69 Å². The highest BCUT2D eigenvalue weighted by atomic mass is 32.2. The fourth-order valence-corrected chi connectivity index (χ4v) is 4.40. The van der Waals surface area contributed by atoms with Crippen LogP contribution in [-0.4, -0.2) is 27.8 Å². The van der Waals surface area contributed by atoms with Crippen molar-refractivity contribution in [3.63, 3.8) is 0 Å². The fraction of sp³-hybridized carbons (Fsp3) is 0.115. The van der Waals surface area contributed by atoms with Crippen LogP contribution >= 0.6 is 11.8 Å². The number of methoxy groups -OCH3 is 1. The maximum atomic E-state index is 13.4. The van der Waals surface area contributed by atoms with Crippen molar-refractivity contribution in [3.8, 4) is 17.1 Å². The molecule has 0 aliphatic heterocycles. The number of thioether (sulfide) groups is 1. The van der Waals surface area contributed by atoms with Crippen molar-refractivity contribution in [1.29, 1.82) is 0 Å². The molecule has 4 rings (SSSR count). The van der Waals surface area contributed by atoms with Gasteiger partial charge in [0, 0.05) is 17.8 Å². The van der Waals surface area contributed by atoms with Crippen molar-refractivity contribution in [1.82, 2.24) is 14.8 Å². The predicted molar refractivity (Wildman–Crippen MR) is 132 cm³/mol. The van der Waals surface area contributed by atoms with Gasteiger partial charge in [0.25, 0.3) is 0 Å². The third-order valence-electron chi connectivity index (χ3n) is 4.98. The molecule has 1 unspecified atom stereocenters. The van der Waals surface area contributed by atoms with Crippen LogP contribution in [0.1, 0.15) is 10.8 Å². The highest BCUT2D eigenvalue weighted by Crippen LogP contribution is 2.37. The monoisotopic (exact) mass is 456 g/mol. The zero-order chi connectivity index (χ0) is 23.0. The second-order valence-electron chi connectivity index (χ2n) is 7.20. The number of nitrogens with zero attached hydrogens (tertiary/aromatic N) is 3. The third-order valence-corrected chi connectivity index (χ3v) is 6.22. The number of carbonyl (C=O) groups is 1. The molecule has 1 atom stereocenters. The number of allylic oxidation sites excluding steroid dienone is 1. The summed E-state index contributed by atoms with van der Waals surface area (Å²) < 4.78 is 7.18. The number of aromatic nitrogens is 3. The lowest BCUT2D eigenvalue weighted by molar-refractivity contribution is -0.115. The molecule has 1 aromatic heterocycles. The number of amides is 1. The molecule has 0 aliphatic carbocycles. The van der Waals surface area contributed by atoms with Gasteiger partial charge in [0.15, 0.2) is 11.0 Å². The number of hydrogen-bond acceptors (Lipinski definition) is 5. The van der Waals surface area contributed by atoms with Crippen molar-refractivity contribution in [2.45, 2.75) is 17.0 Å². The number of ether oxygens (including phenoxy) is 1. The van der Waals surface area contributed by atoms with E-state index in [4.69, 9.17) is 4.74 Å². The molecule has 0 radical (unpaired) electrons. The van der Waals surface area contributed by atoms with E-state index in [1.54, 1.807) is 13.2 Å². The van der Waals surface area contributed by atoms with E-state index in [1.165, 1.54) is 11.8 Å². The first-order chi connectivity index (χ1) is 16.2. The highest BCUT2D eigenvalue weighted by molar-refractivity contribution is 8.00. The van der Waals surface area contributed by atoms with E-state index < -0.39 is 5.25 Å². The number of carbonyl (C=O) groups excluding carboxylic acids is 1. The summed E-state index contributed by atoms with van der Waals surface area (Å²) in [4.78, 5) is 13.4. The molecule has 1 amide bonds. The fourth-order valence-electron chi connectivity index (χ4n) is 3.36. The van der Waals surface area contributed by atoms with E-state index in [0.717, 1.165) is 22.7 Å². The van der Waals surface area contributed by atoms with Gasteiger partial charge in [0.2, 0.25) is 5.91 Å². The van der Waals surface area contributed by atoms with Crippen molar-refractivity contribution in [2.24, 2.45) is 0 Å². The summed E-state index contributed by atoms with van der Waals surface area (Å²) in [6, 6.07) is 26.8. The summed E-state index contributed by atoms with van der Waals surface area (Å²) in [5, 5.41) is 12.0. The average Bonchev–Trinajstić information content (AvgIpc) is 3.26. The minimum absolute atomic E-state index is 0.147.